The van der Waals surface area contributed by atoms with Crippen LogP contribution >= 0.6 is 0 Å². The monoisotopic (exact) mass is 228 g/mol. The quantitative estimate of drug-likeness (QED) is 0.619. The Morgan fingerprint density at radius 3 is 2.69 bits per heavy atom. The molecule has 84 valence electrons. The topological polar surface area (TPSA) is 106 Å². The highest BCUT2D eigenvalue weighted by molar-refractivity contribution is 5.47. The van der Waals surface area contributed by atoms with Crippen LogP contribution in [0.25, 0.3) is 0 Å². The summed E-state index contributed by atoms with van der Waals surface area (Å²) < 4.78 is 25.0. The van der Waals surface area contributed by atoms with Gasteiger partial charge in [0.25, 0.3) is 6.43 Å². The van der Waals surface area contributed by atoms with Crippen LogP contribution in [0.3, 0.4) is 0 Å². The molecule has 0 fully saturated rings. The molecule has 0 aliphatic heterocycles. The Labute approximate surface area is 88.5 Å². The molecule has 0 amide bonds. The lowest BCUT2D eigenvalue weighted by Crippen LogP contribution is -2.08. The van der Waals surface area contributed by atoms with Crippen LogP contribution in [0.1, 0.15) is 23.2 Å². The van der Waals surface area contributed by atoms with Crippen molar-refractivity contribution in [2.75, 3.05) is 0 Å². The minimum atomic E-state index is -2.88. The summed E-state index contributed by atoms with van der Waals surface area (Å²) in [6, 6.07) is 2.19. The summed E-state index contributed by atoms with van der Waals surface area (Å²) in [6.07, 6.45) is -2.88. The van der Waals surface area contributed by atoms with Crippen molar-refractivity contribution >= 4 is 5.82 Å². The minimum absolute atomic E-state index is 0.277. The van der Waals surface area contributed by atoms with Crippen molar-refractivity contribution in [3.05, 3.63) is 33.0 Å². The van der Waals surface area contributed by atoms with Crippen LogP contribution < -0.4 is 5.73 Å². The minimum Gasteiger partial charge on any atom is -0.358 e. The maximum absolute atomic E-state index is 12.5. The Bertz CT molecular complexity index is 470. The van der Waals surface area contributed by atoms with E-state index >= 15 is 0 Å². The van der Waals surface area contributed by atoms with Crippen molar-refractivity contribution in [3.8, 4) is 6.07 Å². The third kappa shape index (κ3) is 2.09. The molecule has 16 heavy (non-hydrogen) atoms. The Kier molecular flexibility index (Phi) is 3.42. The molecule has 0 bridgehead atoms. The second-order valence-electron chi connectivity index (χ2n) is 2.77. The summed E-state index contributed by atoms with van der Waals surface area (Å²) >= 11 is 0. The van der Waals surface area contributed by atoms with Crippen molar-refractivity contribution < 1.29 is 13.7 Å². The van der Waals surface area contributed by atoms with E-state index in [2.05, 4.69) is 4.98 Å². The van der Waals surface area contributed by atoms with Crippen molar-refractivity contribution in [1.29, 1.82) is 5.26 Å². The number of hydrogen-bond acceptors (Lipinski definition) is 5. The summed E-state index contributed by atoms with van der Waals surface area (Å²) in [5, 5.41) is 19.1. The van der Waals surface area contributed by atoms with Crippen LogP contribution in [-0.2, 0) is 6.54 Å². The number of nitriles is 1. The molecule has 1 aromatic heterocycles. The van der Waals surface area contributed by atoms with Gasteiger partial charge in [-0.15, -0.1) is 0 Å². The standard InChI is InChI=1S/C8H6F2N4O2/c9-7(10)5-1-4(2-11)8(14(15)16)13-6(5)3-12/h1,7H,3,12H2. The number of nitro groups is 1. The molecule has 0 saturated carbocycles. The normalized spacial score (nSPS) is 10.2. The predicted octanol–water partition coefficient (Wildman–Crippen LogP) is 1.26. The number of rotatable bonds is 3. The Morgan fingerprint density at radius 1 is 1.69 bits per heavy atom. The average Bonchev–Trinajstić information content (AvgIpc) is 2.26. The lowest BCUT2D eigenvalue weighted by atomic mass is 10.1. The predicted molar refractivity (Wildman–Crippen MR) is 48.5 cm³/mol. The van der Waals surface area contributed by atoms with Crippen molar-refractivity contribution in [3.63, 3.8) is 0 Å². The van der Waals surface area contributed by atoms with Crippen LogP contribution in [0, 0.1) is 21.4 Å². The number of pyridine rings is 1. The van der Waals surface area contributed by atoms with Crippen LogP contribution in [0.4, 0.5) is 14.6 Å². The van der Waals surface area contributed by atoms with Gasteiger partial charge in [-0.1, -0.05) is 0 Å². The molecule has 6 nitrogen and oxygen atoms in total. The molecule has 0 saturated heterocycles. The molecule has 0 unspecified atom stereocenters. The molecule has 0 aliphatic carbocycles. The lowest BCUT2D eigenvalue weighted by molar-refractivity contribution is -0.389. The fourth-order valence-corrected chi connectivity index (χ4v) is 1.13. The van der Waals surface area contributed by atoms with Gasteiger partial charge in [-0.25, -0.2) is 8.78 Å². The van der Waals surface area contributed by atoms with Crippen molar-refractivity contribution in [2.24, 2.45) is 5.73 Å². The van der Waals surface area contributed by atoms with E-state index in [4.69, 9.17) is 11.0 Å². The molecule has 8 heteroatoms. The number of nitrogens with two attached hydrogens (primary N) is 1. The number of aromatic nitrogens is 1. The number of halogens is 2. The summed E-state index contributed by atoms with van der Waals surface area (Å²) in [5.74, 6) is -0.757. The molecule has 2 N–H and O–H groups in total. The van der Waals surface area contributed by atoms with Gasteiger partial charge in [0.15, 0.2) is 11.3 Å². The third-order valence-corrected chi connectivity index (χ3v) is 1.84. The largest absolute Gasteiger partial charge is 0.381 e. The van der Waals surface area contributed by atoms with Crippen LogP contribution in [-0.4, -0.2) is 9.91 Å². The van der Waals surface area contributed by atoms with Crippen molar-refractivity contribution in [2.45, 2.75) is 13.0 Å². The van der Waals surface area contributed by atoms with Gasteiger partial charge in [-0.2, -0.15) is 5.26 Å². The summed E-state index contributed by atoms with van der Waals surface area (Å²) in [6.45, 7) is -0.355. The molecular formula is C8H6F2N4O2. The van der Waals surface area contributed by atoms with Gasteiger partial charge in [0.05, 0.1) is 12.1 Å². The van der Waals surface area contributed by atoms with Gasteiger partial charge >= 0.3 is 5.82 Å². The van der Waals surface area contributed by atoms with E-state index in [0.29, 0.717) is 0 Å². The Hall–Kier alpha value is -2.14. The lowest BCUT2D eigenvalue weighted by Gasteiger charge is -2.03. The van der Waals surface area contributed by atoms with Crippen LogP contribution in [0.15, 0.2) is 6.07 Å². The molecule has 0 radical (unpaired) electrons. The molecular weight excluding hydrogens is 222 g/mol. The summed E-state index contributed by atoms with van der Waals surface area (Å²) in [7, 11) is 0. The molecule has 1 aromatic rings. The smallest absolute Gasteiger partial charge is 0.358 e. The maximum Gasteiger partial charge on any atom is 0.381 e. The van der Waals surface area contributed by atoms with E-state index in [9.17, 15) is 18.9 Å². The van der Waals surface area contributed by atoms with Gasteiger partial charge in [-0.3, -0.25) is 0 Å². The molecule has 0 aromatic carbocycles. The average molecular weight is 228 g/mol. The van der Waals surface area contributed by atoms with E-state index in [1.54, 1.807) is 0 Å². The second kappa shape index (κ2) is 4.59. The Morgan fingerprint density at radius 2 is 2.31 bits per heavy atom. The SMILES string of the molecule is N#Cc1cc(C(F)F)c(CN)nc1[N+](=O)[O-]. The number of nitrogens with zero attached hydrogens (tertiary/aromatic N) is 3. The number of hydrogen-bond donors (Lipinski definition) is 1. The van der Waals surface area contributed by atoms with Gasteiger partial charge in [0, 0.05) is 0 Å². The summed E-state index contributed by atoms with van der Waals surface area (Å²) in [4.78, 5) is 12.9. The number of alkyl halides is 2. The zero-order valence-electron chi connectivity index (χ0n) is 7.85. The van der Waals surface area contributed by atoms with E-state index in [-0.39, 0.29) is 12.2 Å². The molecule has 0 atom stereocenters. The summed E-state index contributed by atoms with van der Waals surface area (Å²) in [5.41, 5.74) is 3.82. The third-order valence-electron chi connectivity index (χ3n) is 1.84. The highest BCUT2D eigenvalue weighted by Gasteiger charge is 2.25. The van der Waals surface area contributed by atoms with E-state index in [1.807, 2.05) is 0 Å². The fraction of sp³-hybridized carbons (Fsp3) is 0.250. The highest BCUT2D eigenvalue weighted by atomic mass is 19.3. The van der Waals surface area contributed by atoms with E-state index < -0.39 is 28.3 Å². The van der Waals surface area contributed by atoms with E-state index in [1.165, 1.54) is 6.07 Å². The first-order chi connectivity index (χ1) is 7.51. The van der Waals surface area contributed by atoms with Crippen molar-refractivity contribution in [1.82, 2.24) is 4.98 Å². The maximum atomic E-state index is 12.5. The van der Waals surface area contributed by atoms with Gasteiger partial charge in [0.2, 0.25) is 0 Å². The van der Waals surface area contributed by atoms with Crippen LogP contribution in [0.5, 0.6) is 0 Å². The molecule has 0 spiro atoms. The zero-order valence-corrected chi connectivity index (χ0v) is 7.85. The fourth-order valence-electron chi connectivity index (χ4n) is 1.13. The first-order valence-corrected chi connectivity index (χ1v) is 4.07. The molecule has 1 heterocycles. The van der Waals surface area contributed by atoms with Gasteiger partial charge in [-0.05, 0) is 16.0 Å². The molecule has 0 aliphatic rings. The highest BCUT2D eigenvalue weighted by Crippen LogP contribution is 2.26. The Balaban J connectivity index is 3.48. The first-order valence-electron chi connectivity index (χ1n) is 4.07. The second-order valence-corrected chi connectivity index (χ2v) is 2.77. The first kappa shape index (κ1) is 11.9. The zero-order chi connectivity index (χ0) is 12.3. The van der Waals surface area contributed by atoms with Gasteiger partial charge in [0.1, 0.15) is 6.07 Å². The van der Waals surface area contributed by atoms with E-state index in [0.717, 1.165) is 6.07 Å². The van der Waals surface area contributed by atoms with Gasteiger partial charge < -0.3 is 15.8 Å². The molecule has 1 rings (SSSR count). The van der Waals surface area contributed by atoms with Crippen LogP contribution in [0.2, 0.25) is 0 Å².